The molecule has 0 aliphatic carbocycles. The maximum absolute atomic E-state index is 12.4. The molecule has 2 aromatic heterocycles. The van der Waals surface area contributed by atoms with Gasteiger partial charge in [-0.05, 0) is 54.1 Å². The van der Waals surface area contributed by atoms with E-state index in [0.717, 1.165) is 33.3 Å². The molecule has 0 fully saturated rings. The Morgan fingerprint density at radius 1 is 1.06 bits per heavy atom. The van der Waals surface area contributed by atoms with E-state index in [1.165, 1.54) is 0 Å². The smallest absolute Gasteiger partial charge is 0.289 e. The minimum absolute atomic E-state index is 0.314. The van der Waals surface area contributed by atoms with E-state index in [2.05, 4.69) is 25.7 Å². The summed E-state index contributed by atoms with van der Waals surface area (Å²) in [7, 11) is 0. The Kier molecular flexibility index (Phi) is 6.09. The van der Waals surface area contributed by atoms with Crippen LogP contribution in [0.4, 0.5) is 0 Å². The Morgan fingerprint density at radius 2 is 1.85 bits per heavy atom. The van der Waals surface area contributed by atoms with E-state index in [9.17, 15) is 4.79 Å². The van der Waals surface area contributed by atoms with Crippen LogP contribution < -0.4 is 10.2 Å². The van der Waals surface area contributed by atoms with Gasteiger partial charge in [-0.25, -0.2) is 5.43 Å². The van der Waals surface area contributed by atoms with E-state index in [-0.39, 0.29) is 5.91 Å². The van der Waals surface area contributed by atoms with Gasteiger partial charge in [-0.3, -0.25) is 9.89 Å². The van der Waals surface area contributed by atoms with E-state index in [1.54, 1.807) is 12.3 Å². The number of aromatic amines is 2. The van der Waals surface area contributed by atoms with Gasteiger partial charge in [0.15, 0.2) is 0 Å². The van der Waals surface area contributed by atoms with Gasteiger partial charge < -0.3 is 9.72 Å². The zero-order valence-electron chi connectivity index (χ0n) is 18.0. The Labute approximate surface area is 200 Å². The number of hydrazone groups is 1. The van der Waals surface area contributed by atoms with Crippen molar-refractivity contribution in [3.05, 3.63) is 107 Å². The predicted molar refractivity (Wildman–Crippen MR) is 133 cm³/mol. The highest BCUT2D eigenvalue weighted by Crippen LogP contribution is 2.22. The lowest BCUT2D eigenvalue weighted by molar-refractivity contribution is 0.0950. The highest BCUT2D eigenvalue weighted by Gasteiger charge is 2.11. The van der Waals surface area contributed by atoms with Crippen LogP contribution in [0.1, 0.15) is 21.6 Å². The van der Waals surface area contributed by atoms with E-state index >= 15 is 0 Å². The van der Waals surface area contributed by atoms with Crippen LogP contribution in [0, 0.1) is 0 Å². The van der Waals surface area contributed by atoms with Gasteiger partial charge in [0.1, 0.15) is 18.1 Å². The van der Waals surface area contributed by atoms with Crippen molar-refractivity contribution < 1.29 is 9.53 Å². The summed E-state index contributed by atoms with van der Waals surface area (Å²) in [6.07, 6.45) is 3.45. The molecule has 0 bridgehead atoms. The van der Waals surface area contributed by atoms with Crippen molar-refractivity contribution in [2.75, 3.05) is 0 Å². The molecule has 7 nitrogen and oxygen atoms in total. The molecule has 168 valence electrons. The zero-order valence-corrected chi connectivity index (χ0v) is 18.7. The Hall–Kier alpha value is -4.36. The van der Waals surface area contributed by atoms with Gasteiger partial charge in [0.25, 0.3) is 5.91 Å². The number of benzene rings is 3. The number of aromatic nitrogens is 3. The largest absolute Gasteiger partial charge is 0.489 e. The number of carbonyl (C=O) groups is 1. The molecule has 8 heteroatoms. The third kappa shape index (κ3) is 4.84. The molecule has 0 atom stereocenters. The fourth-order valence-electron chi connectivity index (χ4n) is 3.48. The summed E-state index contributed by atoms with van der Waals surface area (Å²) in [5, 5.41) is 12.8. The summed E-state index contributed by atoms with van der Waals surface area (Å²) in [6, 6.07) is 24.6. The van der Waals surface area contributed by atoms with Crippen LogP contribution in [0.25, 0.3) is 22.2 Å². The second-order valence-corrected chi connectivity index (χ2v) is 8.03. The molecule has 0 aliphatic rings. The van der Waals surface area contributed by atoms with Crippen molar-refractivity contribution >= 4 is 34.6 Å². The molecular formula is C26H20ClN5O2. The van der Waals surface area contributed by atoms with Crippen LogP contribution in [0.5, 0.6) is 5.75 Å². The molecular weight excluding hydrogens is 450 g/mol. The van der Waals surface area contributed by atoms with Crippen molar-refractivity contribution in [1.29, 1.82) is 0 Å². The first-order valence-corrected chi connectivity index (χ1v) is 11.0. The molecule has 34 heavy (non-hydrogen) atoms. The molecule has 2 heterocycles. The van der Waals surface area contributed by atoms with Crippen LogP contribution in [-0.2, 0) is 6.61 Å². The molecule has 5 rings (SSSR count). The third-order valence-corrected chi connectivity index (χ3v) is 5.53. The second kappa shape index (κ2) is 9.64. The monoisotopic (exact) mass is 469 g/mol. The number of rotatable bonds is 7. The summed E-state index contributed by atoms with van der Waals surface area (Å²) >= 11 is 5.91. The van der Waals surface area contributed by atoms with Gasteiger partial charge in [-0.1, -0.05) is 41.9 Å². The Bertz CT molecular complexity index is 1450. The molecule has 3 N–H and O–H groups in total. The maximum Gasteiger partial charge on any atom is 0.289 e. The summed E-state index contributed by atoms with van der Waals surface area (Å²) in [4.78, 5) is 15.6. The minimum Gasteiger partial charge on any atom is -0.489 e. The van der Waals surface area contributed by atoms with Crippen LogP contribution >= 0.6 is 11.6 Å². The Balaban J connectivity index is 1.19. The zero-order chi connectivity index (χ0) is 23.3. The lowest BCUT2D eigenvalue weighted by Gasteiger charge is -2.07. The van der Waals surface area contributed by atoms with Gasteiger partial charge in [-0.15, -0.1) is 0 Å². The standard InChI is InChI=1S/C26H20ClN5O2/c27-20-9-5-17(6-10-20)16-34-21-11-7-18(8-12-21)24-13-25(31-30-24)26(33)32-29-15-19-14-28-23-4-2-1-3-22(19)23/h1-15,28H,16H2,(H,30,31)(H,32,33). The van der Waals surface area contributed by atoms with Gasteiger partial charge in [0.05, 0.1) is 11.9 Å². The van der Waals surface area contributed by atoms with Crippen molar-refractivity contribution in [3.8, 4) is 17.0 Å². The average molecular weight is 470 g/mol. The molecule has 3 aromatic carbocycles. The summed E-state index contributed by atoms with van der Waals surface area (Å²) in [6.45, 7) is 0.447. The van der Waals surface area contributed by atoms with Crippen molar-refractivity contribution in [2.24, 2.45) is 5.10 Å². The number of halogens is 1. The lowest BCUT2D eigenvalue weighted by atomic mass is 10.1. The number of ether oxygens (including phenoxy) is 1. The third-order valence-electron chi connectivity index (χ3n) is 5.28. The molecule has 0 radical (unpaired) electrons. The summed E-state index contributed by atoms with van der Waals surface area (Å²) in [5.41, 5.74) is 7.28. The summed E-state index contributed by atoms with van der Waals surface area (Å²) < 4.78 is 5.81. The first kappa shape index (κ1) is 21.5. The fourth-order valence-corrected chi connectivity index (χ4v) is 3.60. The number of hydrogen-bond donors (Lipinski definition) is 3. The molecule has 0 saturated carbocycles. The molecule has 0 spiro atoms. The van der Waals surface area contributed by atoms with E-state index in [4.69, 9.17) is 16.3 Å². The number of carbonyl (C=O) groups excluding carboxylic acids is 1. The molecule has 0 aliphatic heterocycles. The maximum atomic E-state index is 12.4. The quantitative estimate of drug-likeness (QED) is 0.215. The van der Waals surface area contributed by atoms with Gasteiger partial charge in [-0.2, -0.15) is 10.2 Å². The lowest BCUT2D eigenvalue weighted by Crippen LogP contribution is -2.17. The van der Waals surface area contributed by atoms with Crippen molar-refractivity contribution in [2.45, 2.75) is 6.61 Å². The SMILES string of the molecule is O=C(NN=Cc1c[nH]c2ccccc12)c1cc(-c2ccc(OCc3ccc(Cl)cc3)cc2)n[nH]1. The highest BCUT2D eigenvalue weighted by atomic mass is 35.5. The van der Waals surface area contributed by atoms with Gasteiger partial charge in [0, 0.05) is 33.2 Å². The van der Waals surface area contributed by atoms with Crippen LogP contribution in [0.15, 0.2) is 90.2 Å². The predicted octanol–water partition coefficient (Wildman–Crippen LogP) is 5.55. The number of amides is 1. The number of hydrogen-bond acceptors (Lipinski definition) is 4. The number of fused-ring (bicyclic) bond motifs is 1. The van der Waals surface area contributed by atoms with Crippen LogP contribution in [-0.4, -0.2) is 27.3 Å². The number of H-pyrrole nitrogens is 2. The van der Waals surface area contributed by atoms with Gasteiger partial charge in [0.2, 0.25) is 0 Å². The van der Waals surface area contributed by atoms with E-state index in [1.807, 2.05) is 79.0 Å². The minimum atomic E-state index is -0.377. The normalized spacial score (nSPS) is 11.2. The number of nitrogens with one attached hydrogen (secondary N) is 3. The molecule has 0 saturated heterocycles. The molecule has 1 amide bonds. The van der Waals surface area contributed by atoms with E-state index < -0.39 is 0 Å². The number of para-hydroxylation sites is 1. The van der Waals surface area contributed by atoms with Crippen LogP contribution in [0.3, 0.4) is 0 Å². The van der Waals surface area contributed by atoms with E-state index in [0.29, 0.717) is 23.0 Å². The highest BCUT2D eigenvalue weighted by molar-refractivity contribution is 6.30. The topological polar surface area (TPSA) is 95.2 Å². The fraction of sp³-hybridized carbons (Fsp3) is 0.0385. The second-order valence-electron chi connectivity index (χ2n) is 7.60. The number of nitrogens with zero attached hydrogens (tertiary/aromatic N) is 2. The first-order valence-electron chi connectivity index (χ1n) is 10.6. The molecule has 5 aromatic rings. The molecule has 0 unspecified atom stereocenters. The van der Waals surface area contributed by atoms with Crippen LogP contribution in [0.2, 0.25) is 5.02 Å². The average Bonchev–Trinajstić information content (AvgIpc) is 3.52. The van der Waals surface area contributed by atoms with Crippen molar-refractivity contribution in [1.82, 2.24) is 20.6 Å². The summed E-state index contributed by atoms with van der Waals surface area (Å²) in [5.74, 6) is 0.358. The van der Waals surface area contributed by atoms with Gasteiger partial charge >= 0.3 is 0 Å². The Morgan fingerprint density at radius 3 is 2.68 bits per heavy atom. The first-order chi connectivity index (χ1) is 16.7. The van der Waals surface area contributed by atoms with Crippen molar-refractivity contribution in [3.63, 3.8) is 0 Å².